The van der Waals surface area contributed by atoms with Crippen LogP contribution in [-0.2, 0) is 9.47 Å². The van der Waals surface area contributed by atoms with E-state index in [0.29, 0.717) is 12.1 Å². The van der Waals surface area contributed by atoms with Crippen LogP contribution in [0.3, 0.4) is 0 Å². The van der Waals surface area contributed by atoms with Crippen molar-refractivity contribution in [1.29, 1.82) is 0 Å². The molecule has 0 bridgehead atoms. The largest absolute Gasteiger partial charge is 0.355 e. The van der Waals surface area contributed by atoms with Crippen LogP contribution in [0, 0.1) is 0 Å². The smallest absolute Gasteiger partial charge is 0.159 e. The van der Waals surface area contributed by atoms with E-state index in [1.165, 1.54) is 0 Å². The number of nitrogens with one attached hydrogen (secondary N) is 2. The molecule has 0 radical (unpaired) electrons. The van der Waals surface area contributed by atoms with E-state index < -0.39 is 11.4 Å². The van der Waals surface area contributed by atoms with Crippen molar-refractivity contribution in [1.82, 2.24) is 10.6 Å². The lowest BCUT2D eigenvalue weighted by atomic mass is 9.96. The topological polar surface area (TPSA) is 42.5 Å². The van der Waals surface area contributed by atoms with Gasteiger partial charge in [-0.2, -0.15) is 0 Å². The van der Waals surface area contributed by atoms with E-state index in [9.17, 15) is 0 Å². The number of rotatable bonds is 0. The second-order valence-electron chi connectivity index (χ2n) is 4.78. The van der Waals surface area contributed by atoms with E-state index in [-0.39, 0.29) is 0 Å². The standard InChI is InChI=1S/C10H20N2O2/c1-7-5-13-10(4)9(3,11-7)14-6-8(2)12-10/h7-8,11-12H,5-6H2,1-4H3/t7-,8-,9+,10+/m1/s1. The van der Waals surface area contributed by atoms with Gasteiger partial charge in [0, 0.05) is 12.1 Å². The van der Waals surface area contributed by atoms with E-state index in [4.69, 9.17) is 9.47 Å². The second-order valence-corrected chi connectivity index (χ2v) is 4.78. The second kappa shape index (κ2) is 3.17. The number of fused-ring (bicyclic) bond motifs is 1. The van der Waals surface area contributed by atoms with E-state index in [1.54, 1.807) is 0 Å². The maximum absolute atomic E-state index is 5.86. The summed E-state index contributed by atoms with van der Waals surface area (Å²) in [6.45, 7) is 9.73. The highest BCUT2D eigenvalue weighted by Gasteiger charge is 2.53. The maximum Gasteiger partial charge on any atom is 0.159 e. The van der Waals surface area contributed by atoms with Gasteiger partial charge in [0.15, 0.2) is 11.4 Å². The summed E-state index contributed by atoms with van der Waals surface area (Å²) >= 11 is 0. The molecule has 4 heteroatoms. The summed E-state index contributed by atoms with van der Waals surface area (Å²) in [7, 11) is 0. The van der Waals surface area contributed by atoms with E-state index in [1.807, 2.05) is 13.8 Å². The van der Waals surface area contributed by atoms with Crippen molar-refractivity contribution in [3.05, 3.63) is 0 Å². The molecule has 14 heavy (non-hydrogen) atoms. The molecule has 2 heterocycles. The SMILES string of the molecule is C[C@@H]1CO[C@]2(C)N[C@H](C)CO[C@]2(C)N1. The molecule has 0 amide bonds. The lowest BCUT2D eigenvalue weighted by molar-refractivity contribution is -0.283. The van der Waals surface area contributed by atoms with Gasteiger partial charge in [0.25, 0.3) is 0 Å². The molecule has 0 unspecified atom stereocenters. The normalized spacial score (nSPS) is 54.0. The van der Waals surface area contributed by atoms with Crippen molar-refractivity contribution < 1.29 is 9.47 Å². The Kier molecular flexibility index (Phi) is 2.34. The Morgan fingerprint density at radius 2 is 1.29 bits per heavy atom. The molecule has 2 rings (SSSR count). The molecule has 4 atom stereocenters. The van der Waals surface area contributed by atoms with Gasteiger partial charge >= 0.3 is 0 Å². The fourth-order valence-corrected chi connectivity index (χ4v) is 2.24. The number of ether oxygens (including phenoxy) is 2. The molecular formula is C10H20N2O2. The summed E-state index contributed by atoms with van der Waals surface area (Å²) in [6, 6.07) is 0.673. The van der Waals surface area contributed by atoms with Gasteiger partial charge in [0.05, 0.1) is 13.2 Å². The molecular weight excluding hydrogens is 180 g/mol. The van der Waals surface area contributed by atoms with Crippen LogP contribution in [0.5, 0.6) is 0 Å². The van der Waals surface area contributed by atoms with Crippen molar-refractivity contribution in [2.45, 2.75) is 51.2 Å². The molecule has 0 aromatic heterocycles. The van der Waals surface area contributed by atoms with Crippen LogP contribution in [0.25, 0.3) is 0 Å². The molecule has 2 aliphatic rings. The van der Waals surface area contributed by atoms with Crippen molar-refractivity contribution >= 4 is 0 Å². The van der Waals surface area contributed by atoms with Gasteiger partial charge in [0.2, 0.25) is 0 Å². The van der Waals surface area contributed by atoms with Crippen molar-refractivity contribution in [3.63, 3.8) is 0 Å². The molecule has 2 fully saturated rings. The first kappa shape index (κ1) is 10.4. The van der Waals surface area contributed by atoms with E-state index >= 15 is 0 Å². The van der Waals surface area contributed by atoms with Gasteiger partial charge in [-0.15, -0.1) is 0 Å². The lowest BCUT2D eigenvalue weighted by Crippen LogP contribution is -2.78. The minimum absolute atomic E-state index is 0.336. The van der Waals surface area contributed by atoms with Crippen molar-refractivity contribution in [3.8, 4) is 0 Å². The first-order chi connectivity index (χ1) is 6.45. The predicted molar refractivity (Wildman–Crippen MR) is 53.9 cm³/mol. The maximum atomic E-state index is 5.86. The van der Waals surface area contributed by atoms with Crippen LogP contribution < -0.4 is 10.6 Å². The van der Waals surface area contributed by atoms with Gasteiger partial charge in [-0.1, -0.05) is 0 Å². The van der Waals surface area contributed by atoms with Crippen LogP contribution >= 0.6 is 0 Å². The zero-order chi connectivity index (χ0) is 10.4. The highest BCUT2D eigenvalue weighted by Crippen LogP contribution is 2.32. The Morgan fingerprint density at radius 3 is 1.64 bits per heavy atom. The molecule has 0 aliphatic carbocycles. The van der Waals surface area contributed by atoms with Crippen LogP contribution in [-0.4, -0.2) is 36.7 Å². The highest BCUT2D eigenvalue weighted by atomic mass is 16.6. The summed E-state index contributed by atoms with van der Waals surface area (Å²) in [5, 5.41) is 6.89. The third-order valence-electron chi connectivity index (χ3n) is 3.20. The fourth-order valence-electron chi connectivity index (χ4n) is 2.24. The summed E-state index contributed by atoms with van der Waals surface area (Å²) in [5.41, 5.74) is -0.839. The highest BCUT2D eigenvalue weighted by molar-refractivity contribution is 5.01. The zero-order valence-corrected chi connectivity index (χ0v) is 9.39. The third kappa shape index (κ3) is 1.46. The quantitative estimate of drug-likeness (QED) is 0.595. The van der Waals surface area contributed by atoms with E-state index in [0.717, 1.165) is 13.2 Å². The van der Waals surface area contributed by atoms with Gasteiger partial charge in [-0.25, -0.2) is 0 Å². The summed E-state index contributed by atoms with van der Waals surface area (Å²) in [5.74, 6) is 0. The molecule has 4 nitrogen and oxygen atoms in total. The number of hydrogen-bond acceptors (Lipinski definition) is 4. The van der Waals surface area contributed by atoms with Crippen LogP contribution in [0.2, 0.25) is 0 Å². The summed E-state index contributed by atoms with van der Waals surface area (Å²) in [4.78, 5) is 0. The van der Waals surface area contributed by atoms with Crippen molar-refractivity contribution in [2.24, 2.45) is 0 Å². The molecule has 0 saturated carbocycles. The minimum atomic E-state index is -0.419. The Labute approximate surface area is 85.3 Å². The number of morpholine rings is 2. The summed E-state index contributed by atoms with van der Waals surface area (Å²) < 4.78 is 11.7. The number of hydrogen-bond donors (Lipinski definition) is 2. The predicted octanol–water partition coefficient (Wildman–Crippen LogP) is 0.435. The van der Waals surface area contributed by atoms with Gasteiger partial charge in [0.1, 0.15) is 0 Å². The Morgan fingerprint density at radius 1 is 0.929 bits per heavy atom. The van der Waals surface area contributed by atoms with E-state index in [2.05, 4.69) is 24.5 Å². The average Bonchev–Trinajstić information content (AvgIpc) is 2.08. The Bertz CT molecular complexity index is 212. The Balaban J connectivity index is 2.20. The molecule has 0 aromatic carbocycles. The fraction of sp³-hybridized carbons (Fsp3) is 1.00. The lowest BCUT2D eigenvalue weighted by Gasteiger charge is -2.55. The first-order valence-corrected chi connectivity index (χ1v) is 5.28. The average molecular weight is 200 g/mol. The summed E-state index contributed by atoms with van der Waals surface area (Å²) in [6.07, 6.45) is 0. The molecule has 0 spiro atoms. The monoisotopic (exact) mass is 200 g/mol. The minimum Gasteiger partial charge on any atom is -0.355 e. The Hall–Kier alpha value is -0.160. The van der Waals surface area contributed by atoms with Crippen LogP contribution in [0.15, 0.2) is 0 Å². The van der Waals surface area contributed by atoms with Crippen molar-refractivity contribution in [2.75, 3.05) is 13.2 Å². The van der Waals surface area contributed by atoms with Crippen LogP contribution in [0.1, 0.15) is 27.7 Å². The molecule has 2 aliphatic heterocycles. The molecule has 82 valence electrons. The first-order valence-electron chi connectivity index (χ1n) is 5.28. The molecule has 2 N–H and O–H groups in total. The zero-order valence-electron chi connectivity index (χ0n) is 9.39. The van der Waals surface area contributed by atoms with Gasteiger partial charge in [-0.3, -0.25) is 10.6 Å². The van der Waals surface area contributed by atoms with Gasteiger partial charge < -0.3 is 9.47 Å². The third-order valence-corrected chi connectivity index (χ3v) is 3.20. The van der Waals surface area contributed by atoms with Gasteiger partial charge in [-0.05, 0) is 27.7 Å². The molecule has 0 aromatic rings. The molecule has 2 saturated heterocycles. The van der Waals surface area contributed by atoms with Crippen LogP contribution in [0.4, 0.5) is 0 Å².